The van der Waals surface area contributed by atoms with Gasteiger partial charge in [-0.25, -0.2) is 4.79 Å². The topological polar surface area (TPSA) is 66.4 Å². The number of carbonyl (C=O) groups is 2. The van der Waals surface area contributed by atoms with Crippen LogP contribution >= 0.6 is 0 Å². The van der Waals surface area contributed by atoms with Gasteiger partial charge in [-0.05, 0) is 42.6 Å². The Morgan fingerprint density at radius 2 is 1.95 bits per heavy atom. The Labute approximate surface area is 130 Å². The molecule has 2 N–H and O–H groups in total. The Morgan fingerprint density at radius 3 is 2.55 bits per heavy atom. The molecule has 4 heteroatoms. The van der Waals surface area contributed by atoms with E-state index in [9.17, 15) is 14.7 Å². The van der Waals surface area contributed by atoms with E-state index in [1.54, 1.807) is 0 Å². The minimum atomic E-state index is -0.967. The molecule has 1 aromatic carbocycles. The van der Waals surface area contributed by atoms with Crippen molar-refractivity contribution in [1.29, 1.82) is 0 Å². The molecule has 1 aromatic rings. The lowest BCUT2D eigenvalue weighted by molar-refractivity contribution is -0.142. The summed E-state index contributed by atoms with van der Waals surface area (Å²) in [5, 5.41) is 12.0. The van der Waals surface area contributed by atoms with Gasteiger partial charge in [0.1, 0.15) is 6.04 Å². The third-order valence-electron chi connectivity index (χ3n) is 5.25. The highest BCUT2D eigenvalue weighted by Crippen LogP contribution is 2.49. The second kappa shape index (κ2) is 6.51. The molecule has 118 valence electrons. The zero-order valence-electron chi connectivity index (χ0n) is 12.7. The van der Waals surface area contributed by atoms with Gasteiger partial charge in [-0.2, -0.15) is 0 Å². The van der Waals surface area contributed by atoms with E-state index in [-0.39, 0.29) is 5.91 Å². The summed E-state index contributed by atoms with van der Waals surface area (Å²) < 4.78 is 0. The predicted octanol–water partition coefficient (Wildman–Crippen LogP) is 2.62. The van der Waals surface area contributed by atoms with E-state index in [4.69, 9.17) is 0 Å². The van der Waals surface area contributed by atoms with Crippen LogP contribution in [-0.4, -0.2) is 23.0 Å². The lowest BCUT2D eigenvalue weighted by Crippen LogP contribution is -2.43. The molecular formula is C18H23NO3. The molecule has 0 aliphatic heterocycles. The van der Waals surface area contributed by atoms with Crippen molar-refractivity contribution in [2.24, 2.45) is 17.8 Å². The van der Waals surface area contributed by atoms with Crippen molar-refractivity contribution in [1.82, 2.24) is 5.32 Å². The van der Waals surface area contributed by atoms with Gasteiger partial charge in [-0.15, -0.1) is 0 Å². The first-order chi connectivity index (χ1) is 10.6. The smallest absolute Gasteiger partial charge is 0.326 e. The molecular weight excluding hydrogens is 278 g/mol. The average molecular weight is 301 g/mol. The molecule has 0 spiro atoms. The van der Waals surface area contributed by atoms with E-state index in [0.717, 1.165) is 17.9 Å². The molecule has 3 rings (SSSR count). The van der Waals surface area contributed by atoms with Gasteiger partial charge in [-0.3, -0.25) is 4.79 Å². The van der Waals surface area contributed by atoms with Gasteiger partial charge in [0.25, 0.3) is 0 Å². The number of fused-ring (bicyclic) bond motifs is 2. The lowest BCUT2D eigenvalue weighted by atomic mass is 9.86. The summed E-state index contributed by atoms with van der Waals surface area (Å²) in [5.41, 5.74) is 0.926. The first-order valence-electron chi connectivity index (χ1n) is 8.18. The number of carbonyl (C=O) groups excluding carboxylic acids is 1. The summed E-state index contributed by atoms with van der Waals surface area (Å²) in [6.45, 7) is 0. The quantitative estimate of drug-likeness (QED) is 0.849. The Bertz CT molecular complexity index is 543. The number of benzene rings is 1. The molecule has 0 radical (unpaired) electrons. The van der Waals surface area contributed by atoms with Crippen molar-refractivity contribution in [2.45, 2.75) is 44.6 Å². The molecule has 4 atom stereocenters. The fraction of sp³-hybridized carbons (Fsp3) is 0.556. The maximum absolute atomic E-state index is 12.2. The first-order valence-corrected chi connectivity index (χ1v) is 8.18. The van der Waals surface area contributed by atoms with E-state index < -0.39 is 12.0 Å². The minimum absolute atomic E-state index is 0.110. The number of amides is 1. The van der Waals surface area contributed by atoms with Crippen LogP contribution in [0.25, 0.3) is 0 Å². The Morgan fingerprint density at radius 1 is 1.18 bits per heavy atom. The molecule has 2 fully saturated rings. The number of hydrogen-bond donors (Lipinski definition) is 2. The van der Waals surface area contributed by atoms with Crippen LogP contribution in [0.15, 0.2) is 30.3 Å². The van der Waals surface area contributed by atoms with E-state index in [1.807, 2.05) is 30.3 Å². The van der Waals surface area contributed by atoms with Crippen LogP contribution in [0.5, 0.6) is 0 Å². The maximum Gasteiger partial charge on any atom is 0.326 e. The van der Waals surface area contributed by atoms with Crippen molar-refractivity contribution in [3.8, 4) is 0 Å². The van der Waals surface area contributed by atoms with Crippen LogP contribution in [0.3, 0.4) is 0 Å². The summed E-state index contributed by atoms with van der Waals surface area (Å²) in [6, 6.07) is 8.59. The van der Waals surface area contributed by atoms with Crippen molar-refractivity contribution >= 4 is 11.9 Å². The van der Waals surface area contributed by atoms with Gasteiger partial charge < -0.3 is 10.4 Å². The highest BCUT2D eigenvalue weighted by Gasteiger charge is 2.40. The van der Waals surface area contributed by atoms with E-state index in [0.29, 0.717) is 24.7 Å². The average Bonchev–Trinajstić information content (AvgIpc) is 3.10. The summed E-state index contributed by atoms with van der Waals surface area (Å²) in [4.78, 5) is 23.6. The monoisotopic (exact) mass is 301 g/mol. The van der Waals surface area contributed by atoms with Crippen molar-refractivity contribution in [3.63, 3.8) is 0 Å². The van der Waals surface area contributed by atoms with Crippen molar-refractivity contribution < 1.29 is 14.7 Å². The third-order valence-corrected chi connectivity index (χ3v) is 5.25. The van der Waals surface area contributed by atoms with Crippen LogP contribution in [0.1, 0.15) is 37.7 Å². The number of carboxylic acid groups (broad SMARTS) is 1. The number of rotatable bonds is 6. The van der Waals surface area contributed by atoms with Gasteiger partial charge in [0.15, 0.2) is 0 Å². The molecule has 2 bridgehead atoms. The van der Waals surface area contributed by atoms with Gasteiger partial charge >= 0.3 is 5.97 Å². The predicted molar refractivity (Wildman–Crippen MR) is 83.3 cm³/mol. The zero-order chi connectivity index (χ0) is 15.5. The molecule has 3 unspecified atom stereocenters. The Hall–Kier alpha value is -1.84. The Kier molecular flexibility index (Phi) is 4.46. The Balaban J connectivity index is 1.54. The second-order valence-electron chi connectivity index (χ2n) is 6.79. The van der Waals surface area contributed by atoms with E-state index in [1.165, 1.54) is 19.3 Å². The fourth-order valence-corrected chi connectivity index (χ4v) is 4.17. The minimum Gasteiger partial charge on any atom is -0.480 e. The fourth-order valence-electron chi connectivity index (χ4n) is 4.17. The molecule has 0 heterocycles. The highest BCUT2D eigenvalue weighted by atomic mass is 16.4. The molecule has 0 saturated heterocycles. The third kappa shape index (κ3) is 3.49. The number of aliphatic carboxylic acids is 1. The van der Waals surface area contributed by atoms with E-state index in [2.05, 4.69) is 5.32 Å². The van der Waals surface area contributed by atoms with Crippen LogP contribution in [0.4, 0.5) is 0 Å². The molecule has 1 amide bonds. The van der Waals surface area contributed by atoms with Crippen molar-refractivity contribution in [2.75, 3.05) is 0 Å². The summed E-state index contributed by atoms with van der Waals surface area (Å²) in [5.74, 6) is 0.881. The largest absolute Gasteiger partial charge is 0.480 e. The SMILES string of the molecule is O=C(CC1CC2CCC1C2)N[C@@H](Cc1ccccc1)C(=O)O. The lowest BCUT2D eigenvalue weighted by Gasteiger charge is -2.22. The van der Waals surface area contributed by atoms with Crippen LogP contribution < -0.4 is 5.32 Å². The summed E-state index contributed by atoms with van der Waals surface area (Å²) >= 11 is 0. The second-order valence-corrected chi connectivity index (χ2v) is 6.79. The van der Waals surface area contributed by atoms with Gasteiger partial charge in [0, 0.05) is 12.8 Å². The van der Waals surface area contributed by atoms with E-state index >= 15 is 0 Å². The van der Waals surface area contributed by atoms with Crippen LogP contribution in [0.2, 0.25) is 0 Å². The standard InChI is InChI=1S/C18H23NO3/c20-17(11-15-9-13-6-7-14(15)8-13)19-16(18(21)22)10-12-4-2-1-3-5-12/h1-5,13-16H,6-11H2,(H,19,20)(H,21,22)/t13?,14?,15?,16-/m0/s1. The highest BCUT2D eigenvalue weighted by molar-refractivity contribution is 5.83. The summed E-state index contributed by atoms with van der Waals surface area (Å²) in [6.07, 6.45) is 5.79. The molecule has 0 aromatic heterocycles. The first kappa shape index (κ1) is 15.1. The maximum atomic E-state index is 12.2. The number of carboxylic acids is 1. The number of nitrogens with one attached hydrogen (secondary N) is 1. The molecule has 22 heavy (non-hydrogen) atoms. The van der Waals surface area contributed by atoms with Gasteiger partial charge in [0.2, 0.25) is 5.91 Å². The molecule has 2 aliphatic carbocycles. The van der Waals surface area contributed by atoms with Gasteiger partial charge in [-0.1, -0.05) is 36.8 Å². The van der Waals surface area contributed by atoms with Crippen LogP contribution in [0, 0.1) is 17.8 Å². The summed E-state index contributed by atoms with van der Waals surface area (Å²) in [7, 11) is 0. The molecule has 4 nitrogen and oxygen atoms in total. The van der Waals surface area contributed by atoms with Crippen LogP contribution in [-0.2, 0) is 16.0 Å². The number of hydrogen-bond acceptors (Lipinski definition) is 2. The molecule has 2 aliphatic rings. The zero-order valence-corrected chi connectivity index (χ0v) is 12.7. The van der Waals surface area contributed by atoms with Gasteiger partial charge in [0.05, 0.1) is 0 Å². The molecule has 2 saturated carbocycles. The normalized spacial score (nSPS) is 27.5. The van der Waals surface area contributed by atoms with Crippen molar-refractivity contribution in [3.05, 3.63) is 35.9 Å².